The standard InChI is InChI=1S/C16H19NO2S/c1-11-12(2)20-10-14(11)9-17-16(18)8-13-4-6-15(19-3)7-5-13/h4-7,10H,8-9H2,1-3H3,(H,17,18). The maximum absolute atomic E-state index is 11.9. The summed E-state index contributed by atoms with van der Waals surface area (Å²) < 4.78 is 5.10. The highest BCUT2D eigenvalue weighted by Crippen LogP contribution is 2.20. The average molecular weight is 289 g/mol. The van der Waals surface area contributed by atoms with Crippen molar-refractivity contribution in [3.63, 3.8) is 0 Å². The molecule has 0 saturated carbocycles. The number of nitrogens with one attached hydrogen (secondary N) is 1. The topological polar surface area (TPSA) is 38.3 Å². The molecule has 2 rings (SSSR count). The minimum absolute atomic E-state index is 0.0402. The molecule has 20 heavy (non-hydrogen) atoms. The smallest absolute Gasteiger partial charge is 0.224 e. The Balaban J connectivity index is 1.87. The molecule has 3 nitrogen and oxygen atoms in total. The monoisotopic (exact) mass is 289 g/mol. The molecule has 2 aromatic rings. The summed E-state index contributed by atoms with van der Waals surface area (Å²) in [4.78, 5) is 13.2. The lowest BCUT2D eigenvalue weighted by molar-refractivity contribution is -0.120. The number of thiophene rings is 1. The SMILES string of the molecule is COc1ccc(CC(=O)NCc2csc(C)c2C)cc1. The van der Waals surface area contributed by atoms with Crippen molar-refractivity contribution >= 4 is 17.2 Å². The summed E-state index contributed by atoms with van der Waals surface area (Å²) in [6, 6.07) is 7.57. The van der Waals surface area contributed by atoms with Gasteiger partial charge in [0.1, 0.15) is 5.75 Å². The van der Waals surface area contributed by atoms with Crippen LogP contribution in [0.2, 0.25) is 0 Å². The minimum atomic E-state index is 0.0402. The molecule has 1 aromatic heterocycles. The Morgan fingerprint density at radius 3 is 2.50 bits per heavy atom. The molecule has 106 valence electrons. The van der Waals surface area contributed by atoms with Crippen LogP contribution >= 0.6 is 11.3 Å². The first kappa shape index (κ1) is 14.6. The summed E-state index contributed by atoms with van der Waals surface area (Å²) in [6.07, 6.45) is 0.395. The molecule has 0 aliphatic heterocycles. The van der Waals surface area contributed by atoms with Crippen LogP contribution in [-0.2, 0) is 17.8 Å². The van der Waals surface area contributed by atoms with E-state index in [1.54, 1.807) is 18.4 Å². The number of carbonyl (C=O) groups is 1. The minimum Gasteiger partial charge on any atom is -0.497 e. The largest absolute Gasteiger partial charge is 0.497 e. The summed E-state index contributed by atoms with van der Waals surface area (Å²) in [5.41, 5.74) is 3.47. The molecule has 0 fully saturated rings. The summed E-state index contributed by atoms with van der Waals surface area (Å²) in [5, 5.41) is 5.08. The van der Waals surface area contributed by atoms with E-state index in [9.17, 15) is 4.79 Å². The van der Waals surface area contributed by atoms with Gasteiger partial charge in [0.25, 0.3) is 0 Å². The number of methoxy groups -OCH3 is 1. The lowest BCUT2D eigenvalue weighted by Gasteiger charge is -2.06. The highest BCUT2D eigenvalue weighted by atomic mass is 32.1. The van der Waals surface area contributed by atoms with Gasteiger partial charge in [0.15, 0.2) is 0 Å². The second kappa shape index (κ2) is 6.57. The van der Waals surface area contributed by atoms with Crippen LogP contribution in [0.4, 0.5) is 0 Å². The van der Waals surface area contributed by atoms with Gasteiger partial charge in [-0.05, 0) is 48.1 Å². The summed E-state index contributed by atoms with van der Waals surface area (Å²) >= 11 is 1.73. The van der Waals surface area contributed by atoms with Gasteiger partial charge in [-0.15, -0.1) is 11.3 Å². The van der Waals surface area contributed by atoms with Crippen LogP contribution in [-0.4, -0.2) is 13.0 Å². The molecule has 1 amide bonds. The first-order valence-corrected chi connectivity index (χ1v) is 7.41. The second-order valence-corrected chi connectivity index (χ2v) is 5.83. The first-order valence-electron chi connectivity index (χ1n) is 6.53. The lowest BCUT2D eigenvalue weighted by Crippen LogP contribution is -2.24. The highest BCUT2D eigenvalue weighted by molar-refractivity contribution is 7.10. The van der Waals surface area contributed by atoms with Crippen molar-refractivity contribution in [2.45, 2.75) is 26.8 Å². The van der Waals surface area contributed by atoms with Gasteiger partial charge >= 0.3 is 0 Å². The fourth-order valence-electron chi connectivity index (χ4n) is 1.92. The van der Waals surface area contributed by atoms with Crippen molar-refractivity contribution < 1.29 is 9.53 Å². The number of carbonyl (C=O) groups excluding carboxylic acids is 1. The van der Waals surface area contributed by atoms with E-state index in [2.05, 4.69) is 24.5 Å². The third kappa shape index (κ3) is 3.61. The normalized spacial score (nSPS) is 10.3. The van der Waals surface area contributed by atoms with E-state index < -0.39 is 0 Å². The predicted molar refractivity (Wildman–Crippen MR) is 82.3 cm³/mol. The van der Waals surface area contributed by atoms with E-state index in [1.165, 1.54) is 16.0 Å². The van der Waals surface area contributed by atoms with Crippen LogP contribution in [0.1, 0.15) is 21.6 Å². The lowest BCUT2D eigenvalue weighted by atomic mass is 10.1. The van der Waals surface area contributed by atoms with Gasteiger partial charge < -0.3 is 10.1 Å². The van der Waals surface area contributed by atoms with E-state index in [0.29, 0.717) is 13.0 Å². The van der Waals surface area contributed by atoms with Crippen LogP contribution in [0.5, 0.6) is 5.75 Å². The van der Waals surface area contributed by atoms with Gasteiger partial charge in [-0.25, -0.2) is 0 Å². The third-order valence-electron chi connectivity index (χ3n) is 3.39. The zero-order valence-corrected chi connectivity index (χ0v) is 12.8. The van der Waals surface area contributed by atoms with Crippen LogP contribution in [0.25, 0.3) is 0 Å². The molecule has 0 unspecified atom stereocenters. The molecule has 0 aliphatic rings. The van der Waals surface area contributed by atoms with Crippen LogP contribution in [0.15, 0.2) is 29.6 Å². The zero-order valence-electron chi connectivity index (χ0n) is 12.0. The van der Waals surface area contributed by atoms with E-state index in [1.807, 2.05) is 24.3 Å². The Hall–Kier alpha value is -1.81. The average Bonchev–Trinajstić information content (AvgIpc) is 2.77. The number of amides is 1. The van der Waals surface area contributed by atoms with E-state index in [-0.39, 0.29) is 5.91 Å². The molecule has 0 saturated heterocycles. The van der Waals surface area contributed by atoms with E-state index in [4.69, 9.17) is 4.74 Å². The maximum atomic E-state index is 11.9. The third-order valence-corrected chi connectivity index (χ3v) is 4.45. The summed E-state index contributed by atoms with van der Waals surface area (Å²) in [5.74, 6) is 0.844. The number of rotatable bonds is 5. The van der Waals surface area contributed by atoms with Gasteiger partial charge in [0.05, 0.1) is 13.5 Å². The van der Waals surface area contributed by atoms with Gasteiger partial charge in [0.2, 0.25) is 5.91 Å². The number of hydrogen-bond acceptors (Lipinski definition) is 3. The van der Waals surface area contributed by atoms with Crippen molar-refractivity contribution in [1.82, 2.24) is 5.32 Å². The molecule has 1 aromatic carbocycles. The molecule has 1 heterocycles. The molecule has 0 radical (unpaired) electrons. The Labute approximate surface area is 123 Å². The maximum Gasteiger partial charge on any atom is 0.224 e. The van der Waals surface area contributed by atoms with E-state index in [0.717, 1.165) is 11.3 Å². The highest BCUT2D eigenvalue weighted by Gasteiger charge is 2.07. The molecular weight excluding hydrogens is 270 g/mol. The fourth-order valence-corrected chi connectivity index (χ4v) is 2.81. The van der Waals surface area contributed by atoms with Gasteiger partial charge in [-0.1, -0.05) is 12.1 Å². The van der Waals surface area contributed by atoms with Crippen molar-refractivity contribution in [3.8, 4) is 5.75 Å². The molecular formula is C16H19NO2S. The fraction of sp³-hybridized carbons (Fsp3) is 0.312. The van der Waals surface area contributed by atoms with Crippen LogP contribution < -0.4 is 10.1 Å². The van der Waals surface area contributed by atoms with Gasteiger partial charge in [-0.2, -0.15) is 0 Å². The molecule has 0 spiro atoms. The predicted octanol–water partition coefficient (Wildman–Crippen LogP) is 3.23. The molecule has 0 atom stereocenters. The molecule has 0 bridgehead atoms. The van der Waals surface area contributed by atoms with Crippen LogP contribution in [0.3, 0.4) is 0 Å². The summed E-state index contributed by atoms with van der Waals surface area (Å²) in [7, 11) is 1.63. The second-order valence-electron chi connectivity index (χ2n) is 4.74. The van der Waals surface area contributed by atoms with Crippen molar-refractivity contribution in [2.75, 3.05) is 7.11 Å². The Kier molecular flexibility index (Phi) is 4.79. The Morgan fingerprint density at radius 1 is 1.25 bits per heavy atom. The molecule has 4 heteroatoms. The van der Waals surface area contributed by atoms with Crippen LogP contribution in [0, 0.1) is 13.8 Å². The van der Waals surface area contributed by atoms with Crippen molar-refractivity contribution in [3.05, 3.63) is 51.2 Å². The first-order chi connectivity index (χ1) is 9.60. The number of benzene rings is 1. The zero-order chi connectivity index (χ0) is 14.5. The van der Waals surface area contributed by atoms with Gasteiger partial charge in [0, 0.05) is 11.4 Å². The van der Waals surface area contributed by atoms with E-state index >= 15 is 0 Å². The number of ether oxygens (including phenoxy) is 1. The summed E-state index contributed by atoms with van der Waals surface area (Å²) in [6.45, 7) is 4.80. The van der Waals surface area contributed by atoms with Crippen molar-refractivity contribution in [1.29, 1.82) is 0 Å². The Bertz CT molecular complexity index is 587. The van der Waals surface area contributed by atoms with Gasteiger partial charge in [-0.3, -0.25) is 4.79 Å². The van der Waals surface area contributed by atoms with Crippen molar-refractivity contribution in [2.24, 2.45) is 0 Å². The Morgan fingerprint density at radius 2 is 1.95 bits per heavy atom. The molecule has 1 N–H and O–H groups in total. The number of aryl methyl sites for hydroxylation is 1. The number of hydrogen-bond donors (Lipinski definition) is 1. The molecule has 0 aliphatic carbocycles. The quantitative estimate of drug-likeness (QED) is 0.917.